The normalized spacial score (nSPS) is 15.5. The van der Waals surface area contributed by atoms with Gasteiger partial charge in [0.25, 0.3) is 11.6 Å². The van der Waals surface area contributed by atoms with Crippen LogP contribution in [0.5, 0.6) is 0 Å². The average molecular weight is 485 g/mol. The zero-order valence-electron chi connectivity index (χ0n) is 19.3. The number of nitrogens with zero attached hydrogens (tertiary/aromatic N) is 3. The second kappa shape index (κ2) is 11.8. The van der Waals surface area contributed by atoms with Gasteiger partial charge in [0, 0.05) is 44.9 Å². The van der Waals surface area contributed by atoms with Gasteiger partial charge in [-0.25, -0.2) is 0 Å². The van der Waals surface area contributed by atoms with E-state index in [1.54, 1.807) is 4.90 Å². The predicted molar refractivity (Wildman–Crippen MR) is 133 cm³/mol. The van der Waals surface area contributed by atoms with Crippen LogP contribution in [0.1, 0.15) is 29.8 Å². The molecule has 2 aromatic carbocycles. The molecule has 2 amide bonds. The smallest absolute Gasteiger partial charge is 0.270 e. The molecule has 3 rings (SSSR count). The summed E-state index contributed by atoms with van der Waals surface area (Å²) in [6.07, 6.45) is 4.21. The van der Waals surface area contributed by atoms with Crippen LogP contribution >= 0.6 is 11.6 Å². The molecule has 0 radical (unpaired) electrons. The first-order valence-corrected chi connectivity index (χ1v) is 11.6. The molecule has 1 saturated heterocycles. The molecule has 1 N–H and O–H groups in total. The molecule has 180 valence electrons. The molecule has 0 aromatic heterocycles. The number of hydrogen-bond donors (Lipinski definition) is 1. The summed E-state index contributed by atoms with van der Waals surface area (Å²) in [6, 6.07) is 13.0. The minimum Gasteiger partial charge on any atom is -0.340 e. The van der Waals surface area contributed by atoms with Gasteiger partial charge in [0.15, 0.2) is 0 Å². The Bertz CT molecular complexity index is 1050. The Kier molecular flexibility index (Phi) is 8.79. The lowest BCUT2D eigenvalue weighted by Crippen LogP contribution is -2.56. The maximum atomic E-state index is 13.2. The van der Waals surface area contributed by atoms with E-state index in [0.717, 1.165) is 31.3 Å². The fourth-order valence-electron chi connectivity index (χ4n) is 3.78. The summed E-state index contributed by atoms with van der Waals surface area (Å²) in [6.45, 7) is 7.19. The number of amides is 2. The molecule has 34 heavy (non-hydrogen) atoms. The minimum absolute atomic E-state index is 0.0289. The van der Waals surface area contributed by atoms with Crippen LogP contribution < -0.4 is 5.32 Å². The number of rotatable bonds is 8. The third-order valence-electron chi connectivity index (χ3n) is 5.78. The lowest BCUT2D eigenvalue weighted by molar-refractivity contribution is -0.384. The van der Waals surface area contributed by atoms with E-state index in [9.17, 15) is 19.7 Å². The van der Waals surface area contributed by atoms with E-state index in [4.69, 9.17) is 11.6 Å². The number of carbonyl (C=O) groups is 2. The summed E-state index contributed by atoms with van der Waals surface area (Å²) in [5, 5.41) is 13.6. The van der Waals surface area contributed by atoms with E-state index < -0.39 is 16.9 Å². The van der Waals surface area contributed by atoms with Crippen molar-refractivity contribution < 1.29 is 14.5 Å². The van der Waals surface area contributed by atoms with E-state index in [0.29, 0.717) is 13.1 Å². The highest BCUT2D eigenvalue weighted by Crippen LogP contribution is 2.23. The Balaban J connectivity index is 1.56. The van der Waals surface area contributed by atoms with Crippen LogP contribution in [0, 0.1) is 16.0 Å². The van der Waals surface area contributed by atoms with Crippen LogP contribution in [0.2, 0.25) is 5.02 Å². The molecule has 1 aliphatic heterocycles. The Morgan fingerprint density at radius 1 is 1.12 bits per heavy atom. The number of carbonyl (C=O) groups excluding carboxylic acids is 2. The number of benzene rings is 2. The van der Waals surface area contributed by atoms with E-state index >= 15 is 0 Å². The largest absolute Gasteiger partial charge is 0.340 e. The number of non-ortho nitro benzene ring substituents is 1. The molecular formula is C25H29ClN4O4. The van der Waals surface area contributed by atoms with Crippen molar-refractivity contribution in [2.75, 3.05) is 32.7 Å². The molecule has 1 heterocycles. The fourth-order valence-corrected chi connectivity index (χ4v) is 4.04. The van der Waals surface area contributed by atoms with Crippen molar-refractivity contribution in [2.45, 2.75) is 19.9 Å². The number of nitro groups is 1. The van der Waals surface area contributed by atoms with Crippen molar-refractivity contribution in [2.24, 2.45) is 5.92 Å². The minimum atomic E-state index is -0.719. The van der Waals surface area contributed by atoms with Crippen LogP contribution in [-0.4, -0.2) is 65.3 Å². The second-order valence-electron chi connectivity index (χ2n) is 8.56. The number of nitro benzene ring substituents is 1. The van der Waals surface area contributed by atoms with Crippen LogP contribution in [0.15, 0.2) is 54.6 Å². The summed E-state index contributed by atoms with van der Waals surface area (Å²) in [5.41, 5.74) is 1.05. The van der Waals surface area contributed by atoms with Crippen molar-refractivity contribution in [1.29, 1.82) is 0 Å². The Hall–Kier alpha value is -3.23. The Labute approximate surface area is 204 Å². The predicted octanol–water partition coefficient (Wildman–Crippen LogP) is 3.86. The number of halogens is 1. The first-order chi connectivity index (χ1) is 16.3. The highest BCUT2D eigenvalue weighted by atomic mass is 35.5. The van der Waals surface area contributed by atoms with Crippen LogP contribution in [0.25, 0.3) is 6.08 Å². The molecule has 0 unspecified atom stereocenters. The first-order valence-electron chi connectivity index (χ1n) is 11.2. The van der Waals surface area contributed by atoms with Gasteiger partial charge in [-0.05, 0) is 17.5 Å². The Morgan fingerprint density at radius 2 is 1.79 bits per heavy atom. The molecule has 0 spiro atoms. The van der Waals surface area contributed by atoms with Gasteiger partial charge < -0.3 is 10.2 Å². The summed E-state index contributed by atoms with van der Waals surface area (Å²) < 4.78 is 0. The molecular weight excluding hydrogens is 456 g/mol. The highest BCUT2D eigenvalue weighted by molar-refractivity contribution is 6.34. The zero-order chi connectivity index (χ0) is 24.7. The highest BCUT2D eigenvalue weighted by Gasteiger charge is 2.31. The Morgan fingerprint density at radius 3 is 2.38 bits per heavy atom. The van der Waals surface area contributed by atoms with Gasteiger partial charge in [0.1, 0.15) is 6.04 Å². The fraction of sp³-hybridized carbons (Fsp3) is 0.360. The summed E-state index contributed by atoms with van der Waals surface area (Å²) in [7, 11) is 0. The summed E-state index contributed by atoms with van der Waals surface area (Å²) >= 11 is 6.08. The molecule has 8 nitrogen and oxygen atoms in total. The van der Waals surface area contributed by atoms with Gasteiger partial charge in [-0.2, -0.15) is 0 Å². The molecule has 1 fully saturated rings. The van der Waals surface area contributed by atoms with Gasteiger partial charge in [-0.1, -0.05) is 67.9 Å². The molecule has 0 saturated carbocycles. The molecule has 2 aromatic rings. The second-order valence-corrected chi connectivity index (χ2v) is 8.96. The maximum absolute atomic E-state index is 13.2. The SMILES string of the molecule is CC(C)[C@H](NC(=O)c1ccc([N+](=O)[O-])cc1Cl)C(=O)N1CCN(CC=Cc2ccccc2)CC1. The maximum Gasteiger partial charge on any atom is 0.270 e. The van der Waals surface area contributed by atoms with Crippen LogP contribution in [0.3, 0.4) is 0 Å². The van der Waals surface area contributed by atoms with Gasteiger partial charge >= 0.3 is 0 Å². The molecule has 0 aliphatic carbocycles. The van der Waals surface area contributed by atoms with Crippen molar-refractivity contribution in [3.63, 3.8) is 0 Å². The molecule has 1 aliphatic rings. The topological polar surface area (TPSA) is 95.8 Å². The van der Waals surface area contributed by atoms with Gasteiger partial charge in [0.05, 0.1) is 15.5 Å². The van der Waals surface area contributed by atoms with Crippen LogP contribution in [-0.2, 0) is 4.79 Å². The van der Waals surface area contributed by atoms with Crippen molar-refractivity contribution in [3.05, 3.63) is 80.9 Å². The number of hydrogen-bond acceptors (Lipinski definition) is 5. The quantitative estimate of drug-likeness (QED) is 0.453. The summed E-state index contributed by atoms with van der Waals surface area (Å²) in [5.74, 6) is -0.808. The monoisotopic (exact) mass is 484 g/mol. The number of nitrogens with one attached hydrogen (secondary N) is 1. The van der Waals surface area contributed by atoms with Gasteiger partial charge in [-0.15, -0.1) is 0 Å². The first kappa shape index (κ1) is 25.4. The summed E-state index contributed by atoms with van der Waals surface area (Å²) in [4.78, 5) is 40.4. The molecule has 1 atom stereocenters. The number of piperazine rings is 1. The third-order valence-corrected chi connectivity index (χ3v) is 6.10. The van der Waals surface area contributed by atoms with E-state index in [2.05, 4.69) is 34.5 Å². The van der Waals surface area contributed by atoms with Crippen molar-refractivity contribution in [1.82, 2.24) is 15.1 Å². The third kappa shape index (κ3) is 6.65. The van der Waals surface area contributed by atoms with Gasteiger partial charge in [0.2, 0.25) is 5.91 Å². The van der Waals surface area contributed by atoms with Crippen LogP contribution in [0.4, 0.5) is 5.69 Å². The standard InChI is InChI=1S/C25H29ClN4O4/c1-18(2)23(27-24(31)21-11-10-20(30(33)34)17-22(21)26)25(32)29-15-13-28(14-16-29)12-6-9-19-7-4-3-5-8-19/h3-11,17-18,23H,12-16H2,1-2H3,(H,27,31)/t23-/m0/s1. The average Bonchev–Trinajstić information content (AvgIpc) is 2.82. The molecule has 9 heteroatoms. The van der Waals surface area contributed by atoms with E-state index in [1.165, 1.54) is 12.1 Å². The van der Waals surface area contributed by atoms with E-state index in [-0.39, 0.29) is 28.1 Å². The lowest BCUT2D eigenvalue weighted by atomic mass is 10.0. The lowest BCUT2D eigenvalue weighted by Gasteiger charge is -2.37. The van der Waals surface area contributed by atoms with E-state index in [1.807, 2.05) is 32.0 Å². The van der Waals surface area contributed by atoms with Crippen molar-refractivity contribution >= 4 is 35.2 Å². The van der Waals surface area contributed by atoms with Crippen molar-refractivity contribution in [3.8, 4) is 0 Å². The zero-order valence-corrected chi connectivity index (χ0v) is 20.1. The molecule has 0 bridgehead atoms. The van der Waals surface area contributed by atoms with Gasteiger partial charge in [-0.3, -0.25) is 24.6 Å².